The van der Waals surface area contributed by atoms with Crippen molar-refractivity contribution in [2.75, 3.05) is 13.2 Å². The van der Waals surface area contributed by atoms with Crippen LogP contribution in [-0.2, 0) is 6.54 Å². The predicted molar refractivity (Wildman–Crippen MR) is 78.0 cm³/mol. The summed E-state index contributed by atoms with van der Waals surface area (Å²) in [5.74, 6) is 0.328. The van der Waals surface area contributed by atoms with E-state index in [0.29, 0.717) is 16.9 Å². The second kappa shape index (κ2) is 8.24. The molecule has 1 aromatic rings. The maximum absolute atomic E-state index is 10.7. The molecule has 1 rings (SSSR count). The molecule has 0 heterocycles. The fraction of sp³-hybridized carbons (Fsp3) is 0.538. The van der Waals surface area contributed by atoms with Crippen LogP contribution in [0.4, 0.5) is 5.69 Å². The van der Waals surface area contributed by atoms with Crippen LogP contribution in [-0.4, -0.2) is 23.2 Å². The minimum absolute atomic E-state index is 0.0973. The van der Waals surface area contributed by atoms with Crippen LogP contribution in [0.15, 0.2) is 22.7 Å². The zero-order chi connectivity index (χ0) is 14.3. The molecule has 0 saturated heterocycles. The molecule has 0 radical (unpaired) electrons. The van der Waals surface area contributed by atoms with E-state index in [2.05, 4.69) is 21.2 Å². The molecule has 0 aliphatic rings. The molecule has 0 amide bonds. The van der Waals surface area contributed by atoms with Gasteiger partial charge in [0.05, 0.1) is 4.92 Å². The lowest BCUT2D eigenvalue weighted by molar-refractivity contribution is -0.385. The zero-order valence-electron chi connectivity index (χ0n) is 10.9. The van der Waals surface area contributed by atoms with E-state index in [1.54, 1.807) is 6.07 Å². The summed E-state index contributed by atoms with van der Waals surface area (Å²) < 4.78 is 0.715. The zero-order valence-corrected chi connectivity index (χ0v) is 12.5. The van der Waals surface area contributed by atoms with Crippen molar-refractivity contribution >= 4 is 21.6 Å². The van der Waals surface area contributed by atoms with Crippen molar-refractivity contribution in [3.8, 4) is 0 Å². The van der Waals surface area contributed by atoms with Gasteiger partial charge in [-0.3, -0.25) is 10.1 Å². The molecule has 19 heavy (non-hydrogen) atoms. The number of aliphatic hydroxyl groups is 1. The Balaban J connectivity index is 2.39. The number of hydrogen-bond acceptors (Lipinski definition) is 4. The molecular formula is C13H19BrN2O3. The fourth-order valence-electron chi connectivity index (χ4n) is 1.74. The fourth-order valence-corrected chi connectivity index (χ4v) is 2.27. The average Bonchev–Trinajstić information content (AvgIpc) is 2.37. The highest BCUT2D eigenvalue weighted by Crippen LogP contribution is 2.21. The van der Waals surface area contributed by atoms with Crippen LogP contribution < -0.4 is 5.32 Å². The molecule has 0 saturated carbocycles. The minimum Gasteiger partial charge on any atom is -0.396 e. The van der Waals surface area contributed by atoms with Crippen LogP contribution in [0, 0.1) is 16.0 Å². The van der Waals surface area contributed by atoms with Gasteiger partial charge in [0.15, 0.2) is 0 Å². The van der Waals surface area contributed by atoms with Crippen molar-refractivity contribution in [1.29, 1.82) is 0 Å². The van der Waals surface area contributed by atoms with E-state index in [4.69, 9.17) is 5.11 Å². The first-order chi connectivity index (χ1) is 9.02. The third-order valence-electron chi connectivity index (χ3n) is 2.84. The monoisotopic (exact) mass is 330 g/mol. The lowest BCUT2D eigenvalue weighted by atomic mass is 10.1. The Hall–Kier alpha value is -0.980. The maximum Gasteiger partial charge on any atom is 0.270 e. The predicted octanol–water partition coefficient (Wildman–Crippen LogP) is 2.86. The lowest BCUT2D eigenvalue weighted by Crippen LogP contribution is -2.16. The van der Waals surface area contributed by atoms with Crippen molar-refractivity contribution in [2.24, 2.45) is 5.92 Å². The number of nitro benzene ring substituents is 1. The molecular weight excluding hydrogens is 312 g/mol. The second-order valence-electron chi connectivity index (χ2n) is 4.68. The summed E-state index contributed by atoms with van der Waals surface area (Å²) in [4.78, 5) is 10.3. The maximum atomic E-state index is 10.7. The first-order valence-corrected chi connectivity index (χ1v) is 7.07. The number of hydrogen-bond donors (Lipinski definition) is 2. The Bertz CT molecular complexity index is 426. The number of halogens is 1. The van der Waals surface area contributed by atoms with Gasteiger partial charge in [-0.15, -0.1) is 0 Å². The summed E-state index contributed by atoms with van der Waals surface area (Å²) in [6.45, 7) is 3.67. The third kappa shape index (κ3) is 6.13. The molecule has 0 aliphatic carbocycles. The Morgan fingerprint density at radius 2 is 2.21 bits per heavy atom. The Morgan fingerprint density at radius 1 is 1.47 bits per heavy atom. The summed E-state index contributed by atoms with van der Waals surface area (Å²) >= 11 is 3.27. The van der Waals surface area contributed by atoms with Gasteiger partial charge in [0.1, 0.15) is 0 Å². The number of rotatable bonds is 8. The summed E-state index contributed by atoms with van der Waals surface area (Å²) in [5, 5.41) is 22.9. The van der Waals surface area contributed by atoms with Crippen molar-refractivity contribution in [2.45, 2.75) is 26.3 Å². The number of non-ortho nitro benzene ring substituents is 1. The topological polar surface area (TPSA) is 75.4 Å². The van der Waals surface area contributed by atoms with Gasteiger partial charge < -0.3 is 10.4 Å². The van der Waals surface area contributed by atoms with Gasteiger partial charge in [0.25, 0.3) is 5.69 Å². The highest BCUT2D eigenvalue weighted by atomic mass is 79.9. The summed E-state index contributed by atoms with van der Waals surface area (Å²) in [6.07, 6.45) is 1.96. The highest BCUT2D eigenvalue weighted by molar-refractivity contribution is 9.10. The second-order valence-corrected chi connectivity index (χ2v) is 5.60. The van der Waals surface area contributed by atoms with Gasteiger partial charge in [-0.1, -0.05) is 22.9 Å². The number of nitro groups is 1. The van der Waals surface area contributed by atoms with E-state index >= 15 is 0 Å². The molecule has 0 aromatic heterocycles. The van der Waals surface area contributed by atoms with Crippen LogP contribution in [0.1, 0.15) is 25.3 Å². The third-order valence-corrected chi connectivity index (χ3v) is 3.30. The van der Waals surface area contributed by atoms with Gasteiger partial charge >= 0.3 is 0 Å². The molecule has 106 valence electrons. The van der Waals surface area contributed by atoms with Crippen molar-refractivity contribution in [1.82, 2.24) is 5.32 Å². The van der Waals surface area contributed by atoms with Gasteiger partial charge in [0, 0.05) is 29.8 Å². The molecule has 6 heteroatoms. The van der Waals surface area contributed by atoms with E-state index in [-0.39, 0.29) is 12.3 Å². The molecule has 2 N–H and O–H groups in total. The Morgan fingerprint density at radius 3 is 2.84 bits per heavy atom. The highest BCUT2D eigenvalue weighted by Gasteiger charge is 2.08. The van der Waals surface area contributed by atoms with Crippen molar-refractivity contribution < 1.29 is 10.0 Å². The SMILES string of the molecule is CC(CO)CCCNCc1cc(Br)cc([N+](=O)[O-])c1. The van der Waals surface area contributed by atoms with Gasteiger partial charge in [0.2, 0.25) is 0 Å². The standard InChI is InChI=1S/C13H19BrN2O3/c1-10(9-17)3-2-4-15-8-11-5-12(14)7-13(6-11)16(18)19/h5-7,10,15,17H,2-4,8-9H2,1H3. The Kier molecular flexibility index (Phi) is 6.97. The summed E-state index contributed by atoms with van der Waals surface area (Å²) in [7, 11) is 0. The molecule has 1 aromatic carbocycles. The van der Waals surface area contributed by atoms with E-state index in [1.165, 1.54) is 6.07 Å². The molecule has 0 spiro atoms. The molecule has 1 atom stereocenters. The smallest absolute Gasteiger partial charge is 0.270 e. The van der Waals surface area contributed by atoms with E-state index < -0.39 is 4.92 Å². The van der Waals surface area contributed by atoms with E-state index in [1.807, 2.05) is 13.0 Å². The number of nitrogens with one attached hydrogen (secondary N) is 1. The molecule has 0 aliphatic heterocycles. The summed E-state index contributed by atoms with van der Waals surface area (Å²) in [5.41, 5.74) is 0.983. The average molecular weight is 331 g/mol. The molecule has 1 unspecified atom stereocenters. The summed E-state index contributed by atoms with van der Waals surface area (Å²) in [6, 6.07) is 4.94. The van der Waals surface area contributed by atoms with Crippen LogP contribution in [0.2, 0.25) is 0 Å². The molecule has 0 fully saturated rings. The van der Waals surface area contributed by atoms with Gasteiger partial charge in [-0.05, 0) is 36.9 Å². The quantitative estimate of drug-likeness (QED) is 0.436. The normalized spacial score (nSPS) is 12.4. The number of nitrogens with zero attached hydrogens (tertiary/aromatic N) is 1. The minimum atomic E-state index is -0.392. The first-order valence-electron chi connectivity index (χ1n) is 6.28. The number of benzene rings is 1. The number of aliphatic hydroxyl groups excluding tert-OH is 1. The Labute approximate surface area is 121 Å². The van der Waals surface area contributed by atoms with Crippen molar-refractivity contribution in [3.05, 3.63) is 38.3 Å². The lowest BCUT2D eigenvalue weighted by Gasteiger charge is -2.08. The molecule has 5 nitrogen and oxygen atoms in total. The van der Waals surface area contributed by atoms with Crippen molar-refractivity contribution in [3.63, 3.8) is 0 Å². The van der Waals surface area contributed by atoms with Gasteiger partial charge in [-0.2, -0.15) is 0 Å². The van der Waals surface area contributed by atoms with Gasteiger partial charge in [-0.25, -0.2) is 0 Å². The van der Waals surface area contributed by atoms with Crippen LogP contribution in [0.3, 0.4) is 0 Å². The largest absolute Gasteiger partial charge is 0.396 e. The molecule has 0 bridgehead atoms. The van der Waals surface area contributed by atoms with Crippen LogP contribution in [0.5, 0.6) is 0 Å². The first kappa shape index (κ1) is 16.1. The van der Waals surface area contributed by atoms with E-state index in [0.717, 1.165) is 24.9 Å². The van der Waals surface area contributed by atoms with Crippen LogP contribution in [0.25, 0.3) is 0 Å². The van der Waals surface area contributed by atoms with E-state index in [9.17, 15) is 10.1 Å². The van der Waals surface area contributed by atoms with Crippen LogP contribution >= 0.6 is 15.9 Å².